The zero-order valence-electron chi connectivity index (χ0n) is 11.8. The Kier molecular flexibility index (Phi) is 3.27. The van der Waals surface area contributed by atoms with Crippen molar-refractivity contribution in [3.63, 3.8) is 0 Å². The number of fused-ring (bicyclic) bond motifs is 1. The molecule has 1 fully saturated rings. The van der Waals surface area contributed by atoms with Gasteiger partial charge in [-0.15, -0.1) is 0 Å². The second-order valence-electron chi connectivity index (χ2n) is 5.48. The van der Waals surface area contributed by atoms with Crippen LogP contribution in [0.3, 0.4) is 0 Å². The molecule has 0 bridgehead atoms. The summed E-state index contributed by atoms with van der Waals surface area (Å²) in [4.78, 5) is 9.43. The summed E-state index contributed by atoms with van der Waals surface area (Å²) in [6, 6.07) is 4.04. The Balaban J connectivity index is 2.17. The third-order valence-electron chi connectivity index (χ3n) is 4.27. The van der Waals surface area contributed by atoms with E-state index in [4.69, 9.17) is 4.98 Å². The molecule has 2 aromatic heterocycles. The minimum atomic E-state index is 0.200. The quantitative estimate of drug-likeness (QED) is 0.916. The van der Waals surface area contributed by atoms with Crippen molar-refractivity contribution in [2.45, 2.75) is 45.1 Å². The predicted octanol–water partition coefficient (Wildman–Crippen LogP) is 2.48. The summed E-state index contributed by atoms with van der Waals surface area (Å²) in [5.74, 6) is 1.23. The number of nitrogens with zero attached hydrogens (tertiary/aromatic N) is 3. The van der Waals surface area contributed by atoms with Crippen LogP contribution >= 0.6 is 0 Å². The highest BCUT2D eigenvalue weighted by molar-refractivity contribution is 5.71. The molecule has 3 heterocycles. The first-order valence-electron chi connectivity index (χ1n) is 7.33. The van der Waals surface area contributed by atoms with E-state index in [9.17, 15) is 0 Å². The fraction of sp³-hybridized carbons (Fsp3) is 0.600. The van der Waals surface area contributed by atoms with Crippen molar-refractivity contribution in [3.05, 3.63) is 24.2 Å². The topological polar surface area (TPSA) is 42.7 Å². The Morgan fingerprint density at radius 1 is 1.42 bits per heavy atom. The molecule has 0 saturated carbocycles. The normalized spacial score (nSPS) is 23.3. The van der Waals surface area contributed by atoms with Crippen LogP contribution in [-0.2, 0) is 12.0 Å². The molecule has 0 spiro atoms. The lowest BCUT2D eigenvalue weighted by molar-refractivity contribution is 0.387. The summed E-state index contributed by atoms with van der Waals surface area (Å²) in [6.45, 7) is 7.53. The van der Waals surface area contributed by atoms with Gasteiger partial charge in [-0.2, -0.15) is 0 Å². The third kappa shape index (κ3) is 1.94. The van der Waals surface area contributed by atoms with E-state index >= 15 is 0 Å². The van der Waals surface area contributed by atoms with Crippen LogP contribution in [0.2, 0.25) is 0 Å². The molecule has 2 aromatic rings. The molecule has 3 rings (SSSR count). The fourth-order valence-electron chi connectivity index (χ4n) is 3.40. The molecular weight excluding hydrogens is 236 g/mol. The summed E-state index contributed by atoms with van der Waals surface area (Å²) < 4.78 is 2.30. The van der Waals surface area contributed by atoms with Gasteiger partial charge in [0.15, 0.2) is 5.65 Å². The van der Waals surface area contributed by atoms with Crippen LogP contribution in [0.5, 0.6) is 0 Å². The SMILES string of the molecule is CCCC1(c2nc3cccnc3n2CC)CCNC1. The Bertz CT molecular complexity index is 567. The first-order chi connectivity index (χ1) is 9.30. The zero-order valence-corrected chi connectivity index (χ0v) is 11.8. The largest absolute Gasteiger partial charge is 0.316 e. The lowest BCUT2D eigenvalue weighted by Gasteiger charge is -2.27. The minimum absolute atomic E-state index is 0.200. The Hall–Kier alpha value is -1.42. The standard InChI is InChI=1S/C15H22N4/c1-3-7-15(8-10-16-11-15)14-18-12-6-5-9-17-13(12)19(14)4-2/h5-6,9,16H,3-4,7-8,10-11H2,1-2H3. The number of aromatic nitrogens is 3. The van der Waals surface area contributed by atoms with E-state index in [0.717, 1.165) is 30.8 Å². The van der Waals surface area contributed by atoms with Crippen LogP contribution < -0.4 is 5.32 Å². The molecule has 102 valence electrons. The average molecular weight is 258 g/mol. The lowest BCUT2D eigenvalue weighted by atomic mass is 9.81. The lowest BCUT2D eigenvalue weighted by Crippen LogP contribution is -2.32. The van der Waals surface area contributed by atoms with Crippen molar-refractivity contribution in [1.29, 1.82) is 0 Å². The molecule has 0 radical (unpaired) electrons. The number of nitrogens with one attached hydrogen (secondary N) is 1. The van der Waals surface area contributed by atoms with E-state index < -0.39 is 0 Å². The van der Waals surface area contributed by atoms with E-state index in [1.165, 1.54) is 25.1 Å². The van der Waals surface area contributed by atoms with Crippen LogP contribution in [0.15, 0.2) is 18.3 Å². The van der Waals surface area contributed by atoms with Crippen molar-refractivity contribution in [2.24, 2.45) is 0 Å². The highest BCUT2D eigenvalue weighted by atomic mass is 15.1. The summed E-state index contributed by atoms with van der Waals surface area (Å²) in [5, 5.41) is 3.52. The number of hydrogen-bond acceptors (Lipinski definition) is 3. The van der Waals surface area contributed by atoms with Gasteiger partial charge < -0.3 is 9.88 Å². The zero-order chi connectivity index (χ0) is 13.3. The number of aryl methyl sites for hydroxylation is 1. The molecule has 1 aliphatic heterocycles. The Labute approximate surface area is 114 Å². The molecule has 0 aliphatic carbocycles. The molecule has 0 aromatic carbocycles. The minimum Gasteiger partial charge on any atom is -0.316 e. The van der Waals surface area contributed by atoms with Gasteiger partial charge in [-0.3, -0.25) is 0 Å². The van der Waals surface area contributed by atoms with Gasteiger partial charge in [-0.1, -0.05) is 13.3 Å². The van der Waals surface area contributed by atoms with Gasteiger partial charge >= 0.3 is 0 Å². The first-order valence-corrected chi connectivity index (χ1v) is 7.33. The number of rotatable bonds is 4. The first kappa shape index (κ1) is 12.6. The smallest absolute Gasteiger partial charge is 0.159 e. The van der Waals surface area contributed by atoms with Crippen molar-refractivity contribution >= 4 is 11.2 Å². The molecule has 4 nitrogen and oxygen atoms in total. The summed E-state index contributed by atoms with van der Waals surface area (Å²) in [5.41, 5.74) is 2.26. The second-order valence-corrected chi connectivity index (χ2v) is 5.48. The van der Waals surface area contributed by atoms with Crippen LogP contribution in [0.4, 0.5) is 0 Å². The van der Waals surface area contributed by atoms with E-state index in [1.54, 1.807) is 0 Å². The maximum Gasteiger partial charge on any atom is 0.159 e. The van der Waals surface area contributed by atoms with E-state index in [-0.39, 0.29) is 5.41 Å². The molecule has 1 saturated heterocycles. The van der Waals surface area contributed by atoms with Crippen LogP contribution in [0.1, 0.15) is 38.9 Å². The second kappa shape index (κ2) is 4.93. The van der Waals surface area contributed by atoms with Crippen molar-refractivity contribution in [2.75, 3.05) is 13.1 Å². The molecule has 1 N–H and O–H groups in total. The van der Waals surface area contributed by atoms with Gasteiger partial charge in [0.25, 0.3) is 0 Å². The predicted molar refractivity (Wildman–Crippen MR) is 77.3 cm³/mol. The molecule has 1 atom stereocenters. The van der Waals surface area contributed by atoms with Gasteiger partial charge in [0.2, 0.25) is 0 Å². The third-order valence-corrected chi connectivity index (χ3v) is 4.27. The monoisotopic (exact) mass is 258 g/mol. The van der Waals surface area contributed by atoms with Crippen molar-refractivity contribution in [1.82, 2.24) is 19.9 Å². The van der Waals surface area contributed by atoms with Crippen LogP contribution in [-0.4, -0.2) is 27.6 Å². The maximum atomic E-state index is 4.92. The average Bonchev–Trinajstić information content (AvgIpc) is 3.03. The van der Waals surface area contributed by atoms with E-state index in [2.05, 4.69) is 34.8 Å². The Morgan fingerprint density at radius 3 is 3.00 bits per heavy atom. The van der Waals surface area contributed by atoms with Crippen molar-refractivity contribution < 1.29 is 0 Å². The van der Waals surface area contributed by atoms with Gasteiger partial charge in [-0.25, -0.2) is 9.97 Å². The van der Waals surface area contributed by atoms with Gasteiger partial charge in [-0.05, 0) is 38.4 Å². The molecule has 0 amide bonds. The molecule has 1 unspecified atom stereocenters. The molecule has 1 aliphatic rings. The van der Waals surface area contributed by atoms with Crippen LogP contribution in [0.25, 0.3) is 11.2 Å². The summed E-state index contributed by atoms with van der Waals surface area (Å²) in [7, 11) is 0. The molecular formula is C15H22N4. The van der Waals surface area contributed by atoms with Gasteiger partial charge in [0.1, 0.15) is 11.3 Å². The van der Waals surface area contributed by atoms with Gasteiger partial charge in [0, 0.05) is 24.7 Å². The van der Waals surface area contributed by atoms with Gasteiger partial charge in [0.05, 0.1) is 0 Å². The summed E-state index contributed by atoms with van der Waals surface area (Å²) >= 11 is 0. The maximum absolute atomic E-state index is 4.92. The number of imidazole rings is 1. The highest BCUT2D eigenvalue weighted by Crippen LogP contribution is 2.36. The summed E-state index contributed by atoms with van der Waals surface area (Å²) in [6.07, 6.45) is 5.44. The van der Waals surface area contributed by atoms with Crippen molar-refractivity contribution in [3.8, 4) is 0 Å². The van der Waals surface area contributed by atoms with Crippen LogP contribution in [0, 0.1) is 0 Å². The molecule has 4 heteroatoms. The fourth-order valence-corrected chi connectivity index (χ4v) is 3.40. The molecule has 19 heavy (non-hydrogen) atoms. The Morgan fingerprint density at radius 2 is 2.32 bits per heavy atom. The highest BCUT2D eigenvalue weighted by Gasteiger charge is 2.39. The van der Waals surface area contributed by atoms with E-state index in [1.807, 2.05) is 12.3 Å². The number of pyridine rings is 1. The number of hydrogen-bond donors (Lipinski definition) is 1. The van der Waals surface area contributed by atoms with E-state index in [0.29, 0.717) is 0 Å².